The lowest BCUT2D eigenvalue weighted by atomic mass is 9.71. The molecule has 144 valence electrons. The zero-order chi connectivity index (χ0) is 20.6. The van der Waals surface area contributed by atoms with Crippen LogP contribution in [-0.2, 0) is 11.3 Å². The van der Waals surface area contributed by atoms with Gasteiger partial charge in [0.1, 0.15) is 0 Å². The first-order valence-corrected chi connectivity index (χ1v) is 9.06. The van der Waals surface area contributed by atoms with E-state index in [1.54, 1.807) is 48.5 Å². The summed E-state index contributed by atoms with van der Waals surface area (Å²) in [5, 5.41) is 29.6. The lowest BCUT2D eigenvalue weighted by molar-refractivity contribution is -0.314. The van der Waals surface area contributed by atoms with Crippen molar-refractivity contribution in [2.75, 3.05) is 0 Å². The third kappa shape index (κ3) is 3.43. The Labute approximate surface area is 167 Å². The number of hydrogen-bond donors (Lipinski definition) is 2. The van der Waals surface area contributed by atoms with Gasteiger partial charge < -0.3 is 14.9 Å². The van der Waals surface area contributed by atoms with E-state index in [0.29, 0.717) is 22.3 Å². The Morgan fingerprint density at radius 1 is 0.966 bits per heavy atom. The summed E-state index contributed by atoms with van der Waals surface area (Å²) >= 11 is 0. The summed E-state index contributed by atoms with van der Waals surface area (Å²) in [7, 11) is 0. The highest BCUT2D eigenvalue weighted by atomic mass is 16.8. The lowest BCUT2D eigenvalue weighted by Crippen LogP contribution is -2.40. The molecule has 2 aromatic rings. The van der Waals surface area contributed by atoms with Gasteiger partial charge in [-0.05, 0) is 17.7 Å². The number of ketones is 2. The van der Waals surface area contributed by atoms with Gasteiger partial charge in [-0.3, -0.25) is 9.59 Å². The summed E-state index contributed by atoms with van der Waals surface area (Å²) in [6, 6.07) is 15.1. The Morgan fingerprint density at radius 2 is 1.59 bits per heavy atom. The molecule has 2 aliphatic carbocycles. The Kier molecular flexibility index (Phi) is 4.73. The number of Topliss-reactive ketones (excluding diaryl/α,β-unsaturated/α-hetero) is 2. The molecule has 6 nitrogen and oxygen atoms in total. The number of nitrogens with zero attached hydrogens (tertiary/aromatic N) is 1. The second kappa shape index (κ2) is 7.22. The molecule has 0 saturated heterocycles. The molecule has 29 heavy (non-hydrogen) atoms. The van der Waals surface area contributed by atoms with Gasteiger partial charge in [-0.25, -0.2) is 0 Å². The molecule has 0 heterocycles. The summed E-state index contributed by atoms with van der Waals surface area (Å²) < 4.78 is 5.25. The molecule has 0 amide bonds. The topological polar surface area (TPSA) is 108 Å². The molecule has 6 heteroatoms. The van der Waals surface area contributed by atoms with Crippen LogP contribution in [0, 0.1) is 23.2 Å². The molecular weight excluding hydrogens is 370 g/mol. The van der Waals surface area contributed by atoms with Gasteiger partial charge in [0.15, 0.2) is 11.6 Å². The van der Waals surface area contributed by atoms with Crippen molar-refractivity contribution in [3.63, 3.8) is 0 Å². The normalized spacial score (nSPS) is 20.5. The minimum Gasteiger partial charge on any atom is -0.340 e. The van der Waals surface area contributed by atoms with Crippen LogP contribution >= 0.6 is 0 Å². The van der Waals surface area contributed by atoms with E-state index in [1.807, 2.05) is 6.07 Å². The van der Waals surface area contributed by atoms with E-state index in [1.165, 1.54) is 18.2 Å². The van der Waals surface area contributed by atoms with Crippen LogP contribution in [0.4, 0.5) is 0 Å². The second-order valence-corrected chi connectivity index (χ2v) is 7.01. The molecule has 2 N–H and O–H groups in total. The highest BCUT2D eigenvalue weighted by molar-refractivity contribution is 6.17. The molecule has 2 aromatic carbocycles. The van der Waals surface area contributed by atoms with Crippen molar-refractivity contribution >= 4 is 11.6 Å². The average Bonchev–Trinajstić information content (AvgIpc) is 2.76. The van der Waals surface area contributed by atoms with Gasteiger partial charge in [0.05, 0.1) is 30.1 Å². The third-order valence-corrected chi connectivity index (χ3v) is 5.19. The molecular formula is C23H17NO5. The van der Waals surface area contributed by atoms with E-state index in [2.05, 4.69) is 0 Å². The Hall–Kier alpha value is -3.37. The maximum absolute atomic E-state index is 12.8. The highest BCUT2D eigenvalue weighted by Gasteiger charge is 2.42. The summed E-state index contributed by atoms with van der Waals surface area (Å²) in [6.45, 7) is -0.117. The summed E-state index contributed by atoms with van der Waals surface area (Å²) in [5.74, 6) is -4.52. The number of allylic oxidation sites excluding steroid dienone is 2. The van der Waals surface area contributed by atoms with Crippen LogP contribution < -0.4 is 0 Å². The van der Waals surface area contributed by atoms with Crippen molar-refractivity contribution < 1.29 is 24.5 Å². The number of aliphatic hydroxyl groups is 2. The zero-order valence-electron chi connectivity index (χ0n) is 15.3. The fraction of sp³-hybridized carbons (Fsp3) is 0.174. The van der Waals surface area contributed by atoms with Gasteiger partial charge in [0, 0.05) is 16.7 Å². The van der Waals surface area contributed by atoms with Gasteiger partial charge in [-0.2, -0.15) is 5.26 Å². The van der Waals surface area contributed by atoms with Crippen molar-refractivity contribution in [3.05, 3.63) is 94.6 Å². The first-order chi connectivity index (χ1) is 13.9. The molecule has 0 fully saturated rings. The molecule has 0 saturated carbocycles. The fourth-order valence-electron chi connectivity index (χ4n) is 3.60. The molecule has 2 atom stereocenters. The van der Waals surface area contributed by atoms with Crippen LogP contribution in [0.2, 0.25) is 0 Å². The summed E-state index contributed by atoms with van der Waals surface area (Å²) in [4.78, 5) is 25.6. The van der Waals surface area contributed by atoms with Gasteiger partial charge in [0.2, 0.25) is 0 Å². The van der Waals surface area contributed by atoms with Crippen molar-refractivity contribution in [3.8, 4) is 6.07 Å². The minimum absolute atomic E-state index is 0.00655. The van der Waals surface area contributed by atoms with Crippen molar-refractivity contribution in [1.29, 1.82) is 5.26 Å². The van der Waals surface area contributed by atoms with Crippen molar-refractivity contribution in [2.45, 2.75) is 12.6 Å². The first kappa shape index (κ1) is 19.0. The standard InChI is InChI=1S/C23H17NO5/c24-12-14-5-7-15(8-6-14)13-29-23(27,28)16-9-10-19-20(11-16)22(26)18-4-2-1-3-17(18)21(19)25/h1-11,19-20,27-28H,13H2. The van der Waals surface area contributed by atoms with E-state index in [-0.39, 0.29) is 23.7 Å². The quantitative estimate of drug-likeness (QED) is 0.781. The zero-order valence-corrected chi connectivity index (χ0v) is 15.3. The van der Waals surface area contributed by atoms with E-state index >= 15 is 0 Å². The molecule has 0 spiro atoms. The maximum atomic E-state index is 12.8. The molecule has 0 aromatic heterocycles. The van der Waals surface area contributed by atoms with Gasteiger partial charge in [-0.15, -0.1) is 0 Å². The van der Waals surface area contributed by atoms with Crippen LogP contribution in [0.1, 0.15) is 31.8 Å². The number of ether oxygens (including phenoxy) is 1. The second-order valence-electron chi connectivity index (χ2n) is 7.01. The molecule has 2 aliphatic rings. The maximum Gasteiger partial charge on any atom is 0.306 e. The van der Waals surface area contributed by atoms with Crippen LogP contribution in [0.5, 0.6) is 0 Å². The number of carbonyl (C=O) groups excluding carboxylic acids is 2. The summed E-state index contributed by atoms with van der Waals surface area (Å²) in [5.41, 5.74) is 1.85. The minimum atomic E-state index is -2.63. The number of rotatable bonds is 4. The molecule has 0 aliphatic heterocycles. The molecule has 4 rings (SSSR count). The SMILES string of the molecule is N#Cc1ccc(COC(O)(O)C2=CC3C(=O)c4ccccc4C(=O)C3C=C2)cc1. The first-order valence-electron chi connectivity index (χ1n) is 9.06. The number of benzene rings is 2. The molecule has 2 unspecified atom stereocenters. The number of hydrogen-bond acceptors (Lipinski definition) is 6. The molecule has 0 radical (unpaired) electrons. The summed E-state index contributed by atoms with van der Waals surface area (Å²) in [6.07, 6.45) is 4.31. The highest BCUT2D eigenvalue weighted by Crippen LogP contribution is 2.37. The predicted octanol–water partition coefficient (Wildman–Crippen LogP) is 2.52. The number of nitriles is 1. The van der Waals surface area contributed by atoms with Crippen LogP contribution in [0.25, 0.3) is 0 Å². The van der Waals surface area contributed by atoms with Gasteiger partial charge in [0.25, 0.3) is 0 Å². The largest absolute Gasteiger partial charge is 0.340 e. The number of fused-ring (bicyclic) bond motifs is 2. The smallest absolute Gasteiger partial charge is 0.306 e. The van der Waals surface area contributed by atoms with Gasteiger partial charge in [-0.1, -0.05) is 54.6 Å². The van der Waals surface area contributed by atoms with E-state index in [9.17, 15) is 19.8 Å². The van der Waals surface area contributed by atoms with E-state index < -0.39 is 17.8 Å². The predicted molar refractivity (Wildman–Crippen MR) is 102 cm³/mol. The number of carbonyl (C=O) groups is 2. The monoisotopic (exact) mass is 387 g/mol. The van der Waals surface area contributed by atoms with Crippen LogP contribution in [0.15, 0.2) is 72.3 Å². The van der Waals surface area contributed by atoms with Crippen LogP contribution in [0.3, 0.4) is 0 Å². The van der Waals surface area contributed by atoms with E-state index in [0.717, 1.165) is 0 Å². The van der Waals surface area contributed by atoms with Crippen molar-refractivity contribution in [2.24, 2.45) is 11.8 Å². The fourth-order valence-corrected chi connectivity index (χ4v) is 3.60. The van der Waals surface area contributed by atoms with E-state index in [4.69, 9.17) is 10.00 Å². The van der Waals surface area contributed by atoms with Crippen molar-refractivity contribution in [1.82, 2.24) is 0 Å². The molecule has 0 bridgehead atoms. The Balaban J connectivity index is 1.55. The Bertz CT molecular complexity index is 1090. The third-order valence-electron chi connectivity index (χ3n) is 5.19. The van der Waals surface area contributed by atoms with Crippen LogP contribution in [-0.4, -0.2) is 27.8 Å². The van der Waals surface area contributed by atoms with Gasteiger partial charge >= 0.3 is 5.97 Å². The lowest BCUT2D eigenvalue weighted by Gasteiger charge is -2.32. The Morgan fingerprint density at radius 3 is 2.21 bits per heavy atom. The average molecular weight is 387 g/mol.